The Morgan fingerprint density at radius 1 is 0.983 bits per heavy atom. The van der Waals surface area contributed by atoms with Crippen molar-refractivity contribution in [3.63, 3.8) is 0 Å². The number of likely N-dealkylation sites (N-methyl/N-ethyl adjacent to an activating group) is 1. The van der Waals surface area contributed by atoms with Crippen LogP contribution in [0.2, 0.25) is 0 Å². The lowest BCUT2D eigenvalue weighted by Crippen LogP contribution is -2.60. The Bertz CT molecular complexity index is 1590. The number of fused-ring (bicyclic) bond motifs is 2. The highest BCUT2D eigenvalue weighted by Gasteiger charge is 2.59. The van der Waals surface area contributed by atoms with E-state index in [2.05, 4.69) is 0 Å². The van der Waals surface area contributed by atoms with Gasteiger partial charge in [0.15, 0.2) is 12.6 Å². The number of esters is 1. The molecule has 4 heterocycles. The number of methoxy groups -OCH3 is 1. The number of ether oxygens (including phenoxy) is 7. The summed E-state index contributed by atoms with van der Waals surface area (Å²) in [5.74, 6) is -3.14. The minimum absolute atomic E-state index is 0.115. The van der Waals surface area contributed by atoms with Gasteiger partial charge in [-0.25, -0.2) is 0 Å². The van der Waals surface area contributed by atoms with Crippen molar-refractivity contribution in [2.24, 2.45) is 23.7 Å². The molecule has 0 aliphatic carbocycles. The number of carbonyl (C=O) groups is 1. The molecule has 1 aromatic rings. The van der Waals surface area contributed by atoms with E-state index in [4.69, 9.17) is 33.2 Å². The van der Waals surface area contributed by atoms with Crippen molar-refractivity contribution in [2.75, 3.05) is 14.2 Å². The number of cyclic esters (lactones) is 1. The molecule has 2 bridgehead atoms. The van der Waals surface area contributed by atoms with E-state index in [1.54, 1.807) is 34.7 Å². The molecule has 0 radical (unpaired) electrons. The summed E-state index contributed by atoms with van der Waals surface area (Å²) in [6.07, 6.45) is -13.6. The first-order valence-corrected chi connectivity index (χ1v) is 21.5. The average Bonchev–Trinajstić information content (AvgIpc) is 3.50. The molecule has 60 heavy (non-hydrogen) atoms. The smallest absolute Gasteiger partial charge is 0.416 e. The molecule has 0 spiro atoms. The molecule has 16 heteroatoms. The molecule has 1 aromatic carbocycles. The zero-order valence-electron chi connectivity index (χ0n) is 37.2. The van der Waals surface area contributed by atoms with Gasteiger partial charge < -0.3 is 53.6 Å². The predicted molar refractivity (Wildman–Crippen MR) is 213 cm³/mol. The standard InChI is InChI=1S/C44H70F3NO12/c1-13-31(49)43(10,53)38-24(4)34-22(2)19-42(9,60-34)37(25(5)35(26(6)39(52)58-38)57-32-20-41(8,54-12)36(51)27(7)56-32)59-40-33(50)30(18-23(3)55-40)48(11)21-28-14-16-29(17-15-28)44(45,46)47/h14-17,22-27,30-38,40,49-51,53H,13,18-21H2,1-12H3/t22-,23-,24+,25+,26-,27+,30+,31-,32+,33-,34+,35+,36+,37-,38-,40+,41-,42-,43-/m1/s1. The minimum atomic E-state index is -4.46. The third kappa shape index (κ3) is 10.0. The van der Waals surface area contributed by atoms with Crippen molar-refractivity contribution in [1.82, 2.24) is 4.90 Å². The Kier molecular flexibility index (Phi) is 15.2. The van der Waals surface area contributed by atoms with Gasteiger partial charge in [-0.15, -0.1) is 0 Å². The second-order valence-electron chi connectivity index (χ2n) is 18.9. The highest BCUT2D eigenvalue weighted by Crippen LogP contribution is 2.48. The number of aliphatic hydroxyl groups is 4. The van der Waals surface area contributed by atoms with Gasteiger partial charge in [0.25, 0.3) is 0 Å². The fourth-order valence-corrected chi connectivity index (χ4v) is 10.3. The van der Waals surface area contributed by atoms with Crippen LogP contribution in [0.25, 0.3) is 0 Å². The van der Waals surface area contributed by atoms with E-state index in [-0.39, 0.29) is 25.3 Å². The number of halogens is 3. The van der Waals surface area contributed by atoms with Crippen molar-refractivity contribution >= 4 is 5.97 Å². The Hall–Kier alpha value is -1.96. The second kappa shape index (κ2) is 18.6. The van der Waals surface area contributed by atoms with E-state index >= 15 is 0 Å². The summed E-state index contributed by atoms with van der Waals surface area (Å²) in [5, 5.41) is 46.0. The van der Waals surface area contributed by atoms with E-state index < -0.39 is 126 Å². The van der Waals surface area contributed by atoms with Gasteiger partial charge in [0, 0.05) is 38.0 Å². The quantitative estimate of drug-likeness (QED) is 0.215. The van der Waals surface area contributed by atoms with Gasteiger partial charge in [-0.3, -0.25) is 9.69 Å². The zero-order chi connectivity index (χ0) is 44.9. The minimum Gasteiger partial charge on any atom is -0.459 e. The first-order chi connectivity index (χ1) is 27.8. The molecule has 0 saturated carbocycles. The van der Waals surface area contributed by atoms with Crippen LogP contribution in [-0.4, -0.2) is 136 Å². The maximum Gasteiger partial charge on any atom is 0.416 e. The molecule has 4 fully saturated rings. The van der Waals surface area contributed by atoms with Crippen LogP contribution in [0.5, 0.6) is 0 Å². The lowest BCUT2D eigenvalue weighted by Gasteiger charge is -2.48. The van der Waals surface area contributed by atoms with Crippen LogP contribution >= 0.6 is 0 Å². The second-order valence-corrected chi connectivity index (χ2v) is 18.9. The summed E-state index contributed by atoms with van der Waals surface area (Å²) < 4.78 is 85.2. The number of hydrogen-bond donors (Lipinski definition) is 4. The molecule has 4 aliphatic heterocycles. The van der Waals surface area contributed by atoms with Crippen LogP contribution in [0.4, 0.5) is 13.2 Å². The Morgan fingerprint density at radius 2 is 1.62 bits per heavy atom. The van der Waals surface area contributed by atoms with Crippen molar-refractivity contribution < 1.29 is 71.5 Å². The fourth-order valence-electron chi connectivity index (χ4n) is 10.3. The lowest BCUT2D eigenvalue weighted by molar-refractivity contribution is -0.318. The maximum atomic E-state index is 14.4. The van der Waals surface area contributed by atoms with Crippen molar-refractivity contribution in [3.8, 4) is 0 Å². The average molecular weight is 862 g/mol. The molecule has 0 aromatic heterocycles. The molecule has 4 saturated heterocycles. The first-order valence-electron chi connectivity index (χ1n) is 21.5. The van der Waals surface area contributed by atoms with Crippen LogP contribution in [0, 0.1) is 23.7 Å². The molecule has 0 amide bonds. The fraction of sp³-hybridized carbons (Fsp3) is 0.841. The van der Waals surface area contributed by atoms with E-state index in [0.29, 0.717) is 18.4 Å². The topological polar surface area (TPSA) is 166 Å². The van der Waals surface area contributed by atoms with Crippen LogP contribution in [-0.2, 0) is 50.7 Å². The van der Waals surface area contributed by atoms with Gasteiger partial charge in [-0.2, -0.15) is 13.2 Å². The largest absolute Gasteiger partial charge is 0.459 e. The van der Waals surface area contributed by atoms with Gasteiger partial charge >= 0.3 is 12.1 Å². The van der Waals surface area contributed by atoms with Gasteiger partial charge in [-0.05, 0) is 91.5 Å². The maximum absolute atomic E-state index is 14.4. The van der Waals surface area contributed by atoms with Crippen LogP contribution < -0.4 is 0 Å². The number of nitrogens with zero attached hydrogens (tertiary/aromatic N) is 1. The van der Waals surface area contributed by atoms with Crippen LogP contribution in [0.15, 0.2) is 24.3 Å². The van der Waals surface area contributed by atoms with E-state index in [1.165, 1.54) is 26.2 Å². The SMILES string of the molecule is CC[C@@H](O)[C@@](C)(O)[C@@H]1OC(=O)[C@H](C)[C@@H](O[C@H]2C[C@@](C)(OC)[C@@H](O)[C@H](C)O2)[C@H](C)[C@@H](O[C@@H]2O[C@H](C)C[C@H](N(C)Cc3ccc(C(F)(F)F)cc3)[C@H]2O)[C@@]2(C)C[C@@H](C)[C@H](O2)[C@@H]1C. The number of aliphatic hydroxyl groups excluding tert-OH is 3. The van der Waals surface area contributed by atoms with Crippen molar-refractivity contribution in [1.29, 1.82) is 0 Å². The molecule has 0 unspecified atom stereocenters. The Balaban J connectivity index is 1.53. The van der Waals surface area contributed by atoms with Crippen LogP contribution in [0.3, 0.4) is 0 Å². The highest BCUT2D eigenvalue weighted by molar-refractivity contribution is 5.73. The van der Waals surface area contributed by atoms with Gasteiger partial charge in [0.05, 0.1) is 59.3 Å². The third-order valence-electron chi connectivity index (χ3n) is 14.0. The molecule has 344 valence electrons. The van der Waals surface area contributed by atoms with E-state index in [1.807, 2.05) is 39.5 Å². The number of alkyl halides is 3. The van der Waals surface area contributed by atoms with Gasteiger partial charge in [0.1, 0.15) is 23.9 Å². The monoisotopic (exact) mass is 861 g/mol. The predicted octanol–water partition coefficient (Wildman–Crippen LogP) is 5.21. The molecule has 4 aliphatic rings. The van der Waals surface area contributed by atoms with Crippen molar-refractivity contribution in [3.05, 3.63) is 35.4 Å². The van der Waals surface area contributed by atoms with Gasteiger partial charge in [-0.1, -0.05) is 39.8 Å². The van der Waals surface area contributed by atoms with Gasteiger partial charge in [0.2, 0.25) is 0 Å². The zero-order valence-corrected chi connectivity index (χ0v) is 37.2. The number of rotatable bonds is 11. The number of benzene rings is 1. The van der Waals surface area contributed by atoms with Crippen molar-refractivity contribution in [2.45, 2.75) is 198 Å². The van der Waals surface area contributed by atoms with Crippen LogP contribution in [0.1, 0.15) is 106 Å². The Morgan fingerprint density at radius 3 is 2.20 bits per heavy atom. The molecular formula is C44H70F3NO12. The summed E-state index contributed by atoms with van der Waals surface area (Å²) in [7, 11) is 3.29. The third-order valence-corrected chi connectivity index (χ3v) is 14.0. The number of carbonyl (C=O) groups excluding carboxylic acids is 1. The molecule has 4 N–H and O–H groups in total. The number of hydrogen-bond acceptors (Lipinski definition) is 13. The molecule has 19 atom stereocenters. The molecular weight excluding hydrogens is 791 g/mol. The highest BCUT2D eigenvalue weighted by atomic mass is 19.4. The first kappa shape index (κ1) is 49.1. The summed E-state index contributed by atoms with van der Waals surface area (Å²) in [4.78, 5) is 16.3. The van der Waals surface area contributed by atoms with E-state index in [0.717, 1.165) is 12.1 Å². The lowest BCUT2D eigenvalue weighted by atomic mass is 9.76. The molecule has 5 rings (SSSR count). The normalized spacial score (nSPS) is 43.5. The van der Waals surface area contributed by atoms with E-state index in [9.17, 15) is 38.4 Å². The summed E-state index contributed by atoms with van der Waals surface area (Å²) in [5.41, 5.74) is -4.10. The Labute approximate surface area is 353 Å². The summed E-state index contributed by atoms with van der Waals surface area (Å²) in [6.45, 7) is 18.0. The summed E-state index contributed by atoms with van der Waals surface area (Å²) >= 11 is 0. The molecule has 13 nitrogen and oxygen atoms in total. The summed E-state index contributed by atoms with van der Waals surface area (Å²) in [6, 6.07) is 4.41.